The van der Waals surface area contributed by atoms with Crippen molar-refractivity contribution in [2.24, 2.45) is 5.92 Å². The molecule has 0 saturated carbocycles. The van der Waals surface area contributed by atoms with Crippen LogP contribution in [-0.2, 0) is 16.6 Å². The third-order valence-corrected chi connectivity index (χ3v) is 7.02. The number of nitrogens with zero attached hydrogens (tertiary/aromatic N) is 1. The molecular weight excluding hydrogens is 387 g/mol. The van der Waals surface area contributed by atoms with Crippen molar-refractivity contribution in [2.75, 3.05) is 26.2 Å². The molecular formula is C19H25FN2O3S2. The number of piperidine rings is 1. The number of thiophene rings is 1. The summed E-state index contributed by atoms with van der Waals surface area (Å²) < 4.78 is 46.6. The lowest BCUT2D eigenvalue weighted by Gasteiger charge is -2.31. The lowest BCUT2D eigenvalue weighted by Crippen LogP contribution is -2.38. The highest BCUT2D eigenvalue weighted by atomic mass is 32.2. The van der Waals surface area contributed by atoms with Gasteiger partial charge in [-0.3, -0.25) is 4.90 Å². The quantitative estimate of drug-likeness (QED) is 0.721. The first-order valence-corrected chi connectivity index (χ1v) is 11.5. The minimum atomic E-state index is -3.73. The summed E-state index contributed by atoms with van der Waals surface area (Å²) in [5.41, 5.74) is 0. The second-order valence-electron chi connectivity index (χ2n) is 6.68. The molecule has 2 aromatic rings. The van der Waals surface area contributed by atoms with Gasteiger partial charge in [-0.1, -0.05) is 6.07 Å². The van der Waals surface area contributed by atoms with E-state index in [1.54, 1.807) is 18.3 Å². The summed E-state index contributed by atoms with van der Waals surface area (Å²) in [6.45, 7) is 5.33. The van der Waals surface area contributed by atoms with Gasteiger partial charge in [0.1, 0.15) is 0 Å². The second kappa shape index (κ2) is 9.14. The number of hydrogen-bond donors (Lipinski definition) is 1. The number of nitrogens with one attached hydrogen (secondary N) is 1. The van der Waals surface area contributed by atoms with Gasteiger partial charge in [0.25, 0.3) is 0 Å². The van der Waals surface area contributed by atoms with E-state index in [4.69, 9.17) is 4.74 Å². The lowest BCUT2D eigenvalue weighted by atomic mass is 9.97. The molecule has 0 bridgehead atoms. The second-order valence-corrected chi connectivity index (χ2v) is 9.48. The summed E-state index contributed by atoms with van der Waals surface area (Å²) in [5.74, 6) is -0.303. The molecule has 148 valence electrons. The Balaban J connectivity index is 1.50. The van der Waals surface area contributed by atoms with E-state index in [-0.39, 0.29) is 10.6 Å². The molecule has 0 spiro atoms. The van der Waals surface area contributed by atoms with E-state index in [9.17, 15) is 12.8 Å². The minimum absolute atomic E-state index is 0.0644. The van der Waals surface area contributed by atoms with E-state index < -0.39 is 15.8 Å². The van der Waals surface area contributed by atoms with Gasteiger partial charge in [-0.05, 0) is 68.4 Å². The summed E-state index contributed by atoms with van der Waals surface area (Å²) in [7, 11) is -3.73. The fourth-order valence-corrected chi connectivity index (χ4v) is 5.08. The van der Waals surface area contributed by atoms with Crippen LogP contribution in [0.2, 0.25) is 0 Å². The average Bonchev–Trinajstić information content (AvgIpc) is 3.16. The van der Waals surface area contributed by atoms with E-state index in [2.05, 4.69) is 27.1 Å². The van der Waals surface area contributed by atoms with Gasteiger partial charge >= 0.3 is 0 Å². The Hall–Kier alpha value is -1.48. The molecule has 5 nitrogen and oxygen atoms in total. The number of ether oxygens (including phenoxy) is 1. The molecule has 2 heterocycles. The summed E-state index contributed by atoms with van der Waals surface area (Å²) >= 11 is 1.76. The van der Waals surface area contributed by atoms with Crippen LogP contribution in [0.4, 0.5) is 4.39 Å². The van der Waals surface area contributed by atoms with Crippen molar-refractivity contribution in [1.29, 1.82) is 0 Å². The Labute approximate surface area is 164 Å². The highest BCUT2D eigenvalue weighted by molar-refractivity contribution is 7.89. The summed E-state index contributed by atoms with van der Waals surface area (Å²) in [6.07, 6.45) is 1.90. The molecule has 1 aromatic carbocycles. The number of halogens is 1. The molecule has 1 fully saturated rings. The third kappa shape index (κ3) is 5.51. The number of sulfonamides is 1. The number of hydrogen-bond acceptors (Lipinski definition) is 5. The molecule has 0 aliphatic carbocycles. The van der Waals surface area contributed by atoms with Crippen LogP contribution in [0.25, 0.3) is 0 Å². The van der Waals surface area contributed by atoms with Gasteiger partial charge in [0.15, 0.2) is 11.6 Å². The Morgan fingerprint density at radius 3 is 2.70 bits per heavy atom. The van der Waals surface area contributed by atoms with Crippen molar-refractivity contribution in [3.63, 3.8) is 0 Å². The number of likely N-dealkylation sites (tertiary alicyclic amines) is 1. The molecule has 3 rings (SSSR count). The van der Waals surface area contributed by atoms with Gasteiger partial charge in [-0.2, -0.15) is 0 Å². The van der Waals surface area contributed by atoms with Crippen LogP contribution in [-0.4, -0.2) is 39.6 Å². The number of benzene rings is 1. The normalized spacial score (nSPS) is 16.5. The van der Waals surface area contributed by atoms with Crippen molar-refractivity contribution in [1.82, 2.24) is 9.62 Å². The summed E-state index contributed by atoms with van der Waals surface area (Å²) in [5, 5.41) is 2.08. The molecule has 1 aliphatic heterocycles. The largest absolute Gasteiger partial charge is 0.491 e. The zero-order valence-electron chi connectivity index (χ0n) is 15.4. The first-order valence-electron chi connectivity index (χ1n) is 9.14. The summed E-state index contributed by atoms with van der Waals surface area (Å²) in [6, 6.07) is 7.94. The minimum Gasteiger partial charge on any atom is -0.491 e. The van der Waals surface area contributed by atoms with Gasteiger partial charge < -0.3 is 4.74 Å². The van der Waals surface area contributed by atoms with E-state index >= 15 is 0 Å². The Kier molecular flexibility index (Phi) is 6.86. The van der Waals surface area contributed by atoms with Crippen molar-refractivity contribution in [3.8, 4) is 5.75 Å². The van der Waals surface area contributed by atoms with Crippen LogP contribution >= 0.6 is 11.3 Å². The van der Waals surface area contributed by atoms with Gasteiger partial charge in [0, 0.05) is 18.0 Å². The third-order valence-electron chi connectivity index (χ3n) is 4.74. The van der Waals surface area contributed by atoms with Crippen LogP contribution in [0.15, 0.2) is 40.6 Å². The smallest absolute Gasteiger partial charge is 0.240 e. The monoisotopic (exact) mass is 412 g/mol. The standard InChI is InChI=1S/C19H25FN2O3S2/c1-2-25-19-6-5-17(12-18(19)20)27(23,24)21-13-15-7-9-22(10-8-15)14-16-4-3-11-26-16/h3-6,11-12,15,21H,2,7-10,13-14H2,1H3. The summed E-state index contributed by atoms with van der Waals surface area (Å²) in [4.78, 5) is 3.68. The SMILES string of the molecule is CCOc1ccc(S(=O)(=O)NCC2CCN(Cc3cccs3)CC2)cc1F. The molecule has 1 saturated heterocycles. The first kappa shape index (κ1) is 20.3. The maximum atomic E-state index is 13.9. The fourth-order valence-electron chi connectivity index (χ4n) is 3.20. The average molecular weight is 413 g/mol. The molecule has 1 aliphatic rings. The van der Waals surface area contributed by atoms with Crippen LogP contribution < -0.4 is 9.46 Å². The van der Waals surface area contributed by atoms with E-state index in [0.29, 0.717) is 19.1 Å². The predicted octanol–water partition coefficient (Wildman–Crippen LogP) is 3.48. The molecule has 0 radical (unpaired) electrons. The van der Waals surface area contributed by atoms with Crippen LogP contribution in [0.1, 0.15) is 24.6 Å². The maximum Gasteiger partial charge on any atom is 0.240 e. The Morgan fingerprint density at radius 2 is 2.07 bits per heavy atom. The molecule has 27 heavy (non-hydrogen) atoms. The van der Waals surface area contributed by atoms with E-state index in [1.807, 2.05) is 0 Å². The maximum absolute atomic E-state index is 13.9. The first-order chi connectivity index (χ1) is 13.0. The Morgan fingerprint density at radius 1 is 1.30 bits per heavy atom. The van der Waals surface area contributed by atoms with Gasteiger partial charge in [-0.15, -0.1) is 11.3 Å². The van der Waals surface area contributed by atoms with Crippen LogP contribution in [0.5, 0.6) is 5.75 Å². The molecule has 0 atom stereocenters. The predicted molar refractivity (Wildman–Crippen MR) is 105 cm³/mol. The van der Waals surface area contributed by atoms with E-state index in [0.717, 1.165) is 38.5 Å². The van der Waals surface area contributed by atoms with Crippen molar-refractivity contribution < 1.29 is 17.5 Å². The zero-order chi connectivity index (χ0) is 19.3. The van der Waals surface area contributed by atoms with Gasteiger partial charge in [-0.25, -0.2) is 17.5 Å². The van der Waals surface area contributed by atoms with Crippen molar-refractivity contribution in [2.45, 2.75) is 31.2 Å². The fraction of sp³-hybridized carbons (Fsp3) is 0.474. The van der Waals surface area contributed by atoms with Gasteiger partial charge in [0.2, 0.25) is 10.0 Å². The highest BCUT2D eigenvalue weighted by Gasteiger charge is 2.23. The Bertz CT molecular complexity index is 833. The molecule has 0 amide bonds. The van der Waals surface area contributed by atoms with Crippen molar-refractivity contribution in [3.05, 3.63) is 46.4 Å². The molecule has 0 unspecified atom stereocenters. The molecule has 1 aromatic heterocycles. The highest BCUT2D eigenvalue weighted by Crippen LogP contribution is 2.23. The van der Waals surface area contributed by atoms with E-state index in [1.165, 1.54) is 17.0 Å². The van der Waals surface area contributed by atoms with Crippen molar-refractivity contribution >= 4 is 21.4 Å². The lowest BCUT2D eigenvalue weighted by molar-refractivity contribution is 0.180. The zero-order valence-corrected chi connectivity index (χ0v) is 17.0. The van der Waals surface area contributed by atoms with Gasteiger partial charge in [0.05, 0.1) is 11.5 Å². The topological polar surface area (TPSA) is 58.6 Å². The van der Waals surface area contributed by atoms with Crippen LogP contribution in [0, 0.1) is 11.7 Å². The number of rotatable bonds is 8. The van der Waals surface area contributed by atoms with Crippen LogP contribution in [0.3, 0.4) is 0 Å². The molecule has 1 N–H and O–H groups in total. The molecule has 8 heteroatoms.